The van der Waals surface area contributed by atoms with Crippen molar-refractivity contribution in [3.63, 3.8) is 0 Å². The number of nitrogens with zero attached hydrogens (tertiary/aromatic N) is 4. The van der Waals surface area contributed by atoms with Gasteiger partial charge in [-0.1, -0.05) is 0 Å². The number of rotatable bonds is 9. The van der Waals surface area contributed by atoms with Gasteiger partial charge in [0.1, 0.15) is 0 Å². The molecule has 2 N–H and O–H groups in total. The number of hydrogen-bond donors (Lipinski definition) is 2. The molecule has 9 nitrogen and oxygen atoms in total. The van der Waals surface area contributed by atoms with E-state index in [1.807, 2.05) is 12.1 Å². The highest BCUT2D eigenvalue weighted by molar-refractivity contribution is 7.15. The van der Waals surface area contributed by atoms with Crippen LogP contribution in [0.3, 0.4) is 0 Å². The quantitative estimate of drug-likeness (QED) is 0.580. The van der Waals surface area contributed by atoms with Gasteiger partial charge in [-0.15, -0.1) is 11.3 Å². The summed E-state index contributed by atoms with van der Waals surface area (Å²) in [5, 5.41) is 12.5. The van der Waals surface area contributed by atoms with Crippen molar-refractivity contribution in [1.82, 2.24) is 15.3 Å². The Bertz CT molecular complexity index is 902. The van der Waals surface area contributed by atoms with Crippen LogP contribution in [0.15, 0.2) is 18.3 Å². The van der Waals surface area contributed by atoms with Crippen molar-refractivity contribution >= 4 is 28.7 Å². The van der Waals surface area contributed by atoms with Crippen LogP contribution in [0.1, 0.15) is 17.7 Å². The van der Waals surface area contributed by atoms with Gasteiger partial charge in [0, 0.05) is 51.4 Å². The molecular weight excluding hydrogens is 430 g/mol. The molecule has 0 bridgehead atoms. The summed E-state index contributed by atoms with van der Waals surface area (Å²) < 4.78 is 10.7. The zero-order chi connectivity index (χ0) is 22.3. The van der Waals surface area contributed by atoms with Crippen molar-refractivity contribution in [1.29, 1.82) is 0 Å². The summed E-state index contributed by atoms with van der Waals surface area (Å²) in [7, 11) is 1.69. The molecule has 0 spiro atoms. The van der Waals surface area contributed by atoms with Crippen molar-refractivity contribution in [2.75, 3.05) is 69.5 Å². The number of methoxy groups -OCH3 is 1. The zero-order valence-corrected chi connectivity index (χ0v) is 19.3. The van der Waals surface area contributed by atoms with Gasteiger partial charge in [0.15, 0.2) is 11.6 Å². The summed E-state index contributed by atoms with van der Waals surface area (Å²) in [6.07, 6.45) is 3.80. The molecule has 1 saturated heterocycles. The normalized spacial score (nSPS) is 16.8. The standard InChI is InChI=1S/C22H31N5O4S/c1-30-11-8-26-6-7-27(14-20(29)23-12-16-4-9-31-10-5-16)18-13-24-21(25-22(18)26)19-3-2-17(15-28)32-19/h2-3,13,16,28H,4-12,14-15H2,1H3,(H,23,29). The van der Waals surface area contributed by atoms with E-state index in [9.17, 15) is 9.90 Å². The van der Waals surface area contributed by atoms with Gasteiger partial charge in [-0.05, 0) is 30.9 Å². The second-order valence-corrected chi connectivity index (χ2v) is 9.26. The average molecular weight is 462 g/mol. The Labute approximate surface area is 192 Å². The molecule has 2 aliphatic heterocycles. The van der Waals surface area contributed by atoms with Crippen molar-refractivity contribution < 1.29 is 19.4 Å². The monoisotopic (exact) mass is 461 g/mol. The molecule has 0 atom stereocenters. The number of ether oxygens (including phenoxy) is 2. The molecule has 4 rings (SSSR count). The van der Waals surface area contributed by atoms with E-state index in [0.717, 1.165) is 66.9 Å². The minimum Gasteiger partial charge on any atom is -0.391 e. The lowest BCUT2D eigenvalue weighted by Gasteiger charge is -2.37. The van der Waals surface area contributed by atoms with Crippen molar-refractivity contribution in [2.45, 2.75) is 19.4 Å². The molecule has 0 aromatic carbocycles. The van der Waals surface area contributed by atoms with Crippen molar-refractivity contribution in [3.05, 3.63) is 23.2 Å². The fraction of sp³-hybridized carbons (Fsp3) is 0.591. The number of aliphatic hydroxyl groups is 1. The second-order valence-electron chi connectivity index (χ2n) is 8.09. The van der Waals surface area contributed by atoms with E-state index in [2.05, 4.69) is 20.1 Å². The largest absolute Gasteiger partial charge is 0.391 e. The lowest BCUT2D eigenvalue weighted by Crippen LogP contribution is -2.47. The Morgan fingerprint density at radius 2 is 2.12 bits per heavy atom. The lowest BCUT2D eigenvalue weighted by atomic mass is 10.0. The van der Waals surface area contributed by atoms with Gasteiger partial charge in [0.05, 0.1) is 36.5 Å². The van der Waals surface area contributed by atoms with Gasteiger partial charge in [0.25, 0.3) is 0 Å². The highest BCUT2D eigenvalue weighted by atomic mass is 32.1. The molecule has 0 aliphatic carbocycles. The molecule has 0 radical (unpaired) electrons. The maximum atomic E-state index is 12.7. The van der Waals surface area contributed by atoms with Crippen LogP contribution in [0.2, 0.25) is 0 Å². The fourth-order valence-corrected chi connectivity index (χ4v) is 4.82. The minimum atomic E-state index is 0.00629. The van der Waals surface area contributed by atoms with Crippen LogP contribution >= 0.6 is 11.3 Å². The molecule has 1 amide bonds. The summed E-state index contributed by atoms with van der Waals surface area (Å²) in [5.74, 6) is 1.95. The highest BCUT2D eigenvalue weighted by Crippen LogP contribution is 2.34. The molecule has 32 heavy (non-hydrogen) atoms. The number of anilines is 2. The first-order chi connectivity index (χ1) is 15.7. The van der Waals surface area contributed by atoms with Crippen molar-refractivity contribution in [2.24, 2.45) is 5.92 Å². The number of amides is 1. The third-order valence-electron chi connectivity index (χ3n) is 5.90. The van der Waals surface area contributed by atoms with E-state index < -0.39 is 0 Å². The highest BCUT2D eigenvalue weighted by Gasteiger charge is 2.27. The molecule has 174 valence electrons. The Balaban J connectivity index is 1.48. The van der Waals surface area contributed by atoms with E-state index in [0.29, 0.717) is 24.9 Å². The molecule has 2 aliphatic rings. The Kier molecular flexibility index (Phi) is 7.90. The molecule has 2 aromatic rings. The van der Waals surface area contributed by atoms with E-state index in [1.54, 1.807) is 13.3 Å². The third-order valence-corrected chi connectivity index (χ3v) is 6.96. The maximum Gasteiger partial charge on any atom is 0.239 e. The summed E-state index contributed by atoms with van der Waals surface area (Å²) in [5.41, 5.74) is 0.858. The van der Waals surface area contributed by atoms with Gasteiger partial charge in [-0.2, -0.15) is 0 Å². The van der Waals surface area contributed by atoms with Gasteiger partial charge in [-0.3, -0.25) is 4.79 Å². The number of hydrogen-bond acceptors (Lipinski definition) is 9. The van der Waals surface area contributed by atoms with Crippen LogP contribution < -0.4 is 15.1 Å². The smallest absolute Gasteiger partial charge is 0.239 e. The van der Waals surface area contributed by atoms with Gasteiger partial charge in [0.2, 0.25) is 5.91 Å². The number of thiophene rings is 1. The molecule has 0 unspecified atom stereocenters. The number of aliphatic hydroxyl groups excluding tert-OH is 1. The van der Waals surface area contributed by atoms with Crippen LogP contribution in [-0.4, -0.2) is 80.6 Å². The van der Waals surface area contributed by atoms with Crippen LogP contribution in [0, 0.1) is 5.92 Å². The van der Waals surface area contributed by atoms with Gasteiger partial charge >= 0.3 is 0 Å². The molecule has 4 heterocycles. The predicted molar refractivity (Wildman–Crippen MR) is 124 cm³/mol. The summed E-state index contributed by atoms with van der Waals surface area (Å²) in [6.45, 7) is 5.33. The summed E-state index contributed by atoms with van der Waals surface area (Å²) in [6, 6.07) is 3.82. The maximum absolute atomic E-state index is 12.7. The van der Waals surface area contributed by atoms with Gasteiger partial charge in [-0.25, -0.2) is 9.97 Å². The first-order valence-electron chi connectivity index (χ1n) is 11.1. The van der Waals surface area contributed by atoms with E-state index in [-0.39, 0.29) is 19.1 Å². The Morgan fingerprint density at radius 1 is 1.31 bits per heavy atom. The molecule has 1 fully saturated rings. The predicted octanol–water partition coefficient (Wildman–Crippen LogP) is 1.51. The minimum absolute atomic E-state index is 0.00629. The summed E-state index contributed by atoms with van der Waals surface area (Å²) >= 11 is 1.48. The zero-order valence-electron chi connectivity index (χ0n) is 18.5. The summed E-state index contributed by atoms with van der Waals surface area (Å²) in [4.78, 5) is 28.1. The number of aromatic nitrogens is 2. The van der Waals surface area contributed by atoms with Gasteiger partial charge < -0.3 is 29.7 Å². The molecular formula is C22H31N5O4S. The first kappa shape index (κ1) is 22.9. The van der Waals surface area contributed by atoms with Crippen LogP contribution in [0.4, 0.5) is 11.5 Å². The SMILES string of the molecule is COCCN1CCN(CC(=O)NCC2CCOCC2)c2cnc(-c3ccc(CO)s3)nc21. The third kappa shape index (κ3) is 5.55. The average Bonchev–Trinajstić information content (AvgIpc) is 3.32. The molecule has 10 heteroatoms. The number of carbonyl (C=O) groups is 1. The lowest BCUT2D eigenvalue weighted by molar-refractivity contribution is -0.120. The van der Waals surface area contributed by atoms with Crippen LogP contribution in [0.25, 0.3) is 10.7 Å². The fourth-order valence-electron chi connectivity index (χ4n) is 4.01. The first-order valence-corrected chi connectivity index (χ1v) is 11.9. The number of carbonyl (C=O) groups excluding carboxylic acids is 1. The Hall–Kier alpha value is -2.27. The number of fused-ring (bicyclic) bond motifs is 1. The van der Waals surface area contributed by atoms with E-state index in [1.165, 1.54) is 11.3 Å². The van der Waals surface area contributed by atoms with Crippen LogP contribution in [-0.2, 0) is 20.9 Å². The van der Waals surface area contributed by atoms with E-state index in [4.69, 9.17) is 14.5 Å². The topological polar surface area (TPSA) is 100 Å². The number of nitrogens with one attached hydrogen (secondary N) is 1. The second kappa shape index (κ2) is 11.0. The van der Waals surface area contributed by atoms with Crippen molar-refractivity contribution in [3.8, 4) is 10.7 Å². The van der Waals surface area contributed by atoms with Crippen LogP contribution in [0.5, 0.6) is 0 Å². The Morgan fingerprint density at radius 3 is 2.88 bits per heavy atom. The molecule has 2 aromatic heterocycles. The molecule has 0 saturated carbocycles. The van der Waals surface area contributed by atoms with E-state index >= 15 is 0 Å².